The van der Waals surface area contributed by atoms with E-state index >= 15 is 0 Å². The number of aliphatic carboxylic acids is 1. The molecular weight excluding hydrogens is 553 g/mol. The minimum Gasteiger partial charge on any atom is -0.481 e. The molecule has 0 saturated carbocycles. The van der Waals surface area contributed by atoms with Crippen LogP contribution in [0.5, 0.6) is 0 Å². The Labute approximate surface area is 235 Å². The van der Waals surface area contributed by atoms with Crippen molar-refractivity contribution < 1.29 is 34.3 Å². The number of rotatable bonds is 9. The van der Waals surface area contributed by atoms with Crippen LogP contribution >= 0.6 is 7.60 Å². The van der Waals surface area contributed by atoms with Crippen LogP contribution in [0.2, 0.25) is 0 Å². The van der Waals surface area contributed by atoms with E-state index in [0.717, 1.165) is 16.7 Å². The summed E-state index contributed by atoms with van der Waals surface area (Å²) in [7, 11) is -3.92. The molecule has 0 bridgehead atoms. The van der Waals surface area contributed by atoms with Gasteiger partial charge in [0.2, 0.25) is 22.1 Å². The maximum atomic E-state index is 10.7. The first-order valence-corrected chi connectivity index (χ1v) is 13.8. The lowest BCUT2D eigenvalue weighted by Gasteiger charge is -2.02. The number of amides is 1. The number of aryl methyl sites for hydroxylation is 3. The SMILES string of the molecule is N#[N+]c1ccc(CCC(=O)NO)cc1.N#[N+]c1ccc(CCC(=O)O)cc1.N#[N+]c1ccc(CCP(=O)(O)O)cc1. The van der Waals surface area contributed by atoms with Crippen LogP contribution in [0.1, 0.15) is 29.5 Å². The summed E-state index contributed by atoms with van der Waals surface area (Å²) in [4.78, 5) is 47.2. The van der Waals surface area contributed by atoms with Gasteiger partial charge in [-0.15, -0.1) is 0 Å². The Balaban J connectivity index is 0.000000308. The van der Waals surface area contributed by atoms with E-state index in [0.29, 0.717) is 36.3 Å². The largest absolute Gasteiger partial charge is 0.481 e. The lowest BCUT2D eigenvalue weighted by molar-refractivity contribution is -0.137. The molecule has 0 aromatic heterocycles. The summed E-state index contributed by atoms with van der Waals surface area (Å²) in [5.41, 5.74) is 5.60. The zero-order chi connectivity index (χ0) is 30.7. The predicted octanol–water partition coefficient (Wildman–Crippen LogP) is 5.69. The molecule has 0 unspecified atom stereocenters. The number of hydrogen-bond acceptors (Lipinski definition) is 7. The fourth-order valence-electron chi connectivity index (χ4n) is 3.03. The number of nitrogens with one attached hydrogen (secondary N) is 1. The second-order valence-electron chi connectivity index (χ2n) is 8.37. The van der Waals surface area contributed by atoms with Crippen LogP contribution < -0.4 is 5.48 Å². The number of benzene rings is 3. The lowest BCUT2D eigenvalue weighted by atomic mass is 10.1. The van der Waals surface area contributed by atoms with Gasteiger partial charge in [0.15, 0.2) is 14.9 Å². The second-order valence-corrected chi connectivity index (χ2v) is 10.1. The van der Waals surface area contributed by atoms with Crippen molar-refractivity contribution in [1.29, 1.82) is 16.2 Å². The Bertz CT molecular complexity index is 1440. The monoisotopic (exact) mass is 582 g/mol. The molecule has 3 rings (SSSR count). The number of carboxylic acid groups (broad SMARTS) is 1. The zero-order valence-corrected chi connectivity index (χ0v) is 22.7. The molecule has 0 aliphatic carbocycles. The van der Waals surface area contributed by atoms with Crippen molar-refractivity contribution in [2.45, 2.75) is 32.1 Å². The van der Waals surface area contributed by atoms with Gasteiger partial charge in [-0.25, -0.2) is 5.48 Å². The first-order valence-electron chi connectivity index (χ1n) is 12.0. The second kappa shape index (κ2) is 18.3. The molecule has 0 heterocycles. The molecule has 15 heteroatoms. The summed E-state index contributed by atoms with van der Waals surface area (Å²) >= 11 is 0. The molecule has 0 atom stereocenters. The van der Waals surface area contributed by atoms with Gasteiger partial charge < -0.3 is 14.9 Å². The Morgan fingerprint density at radius 1 is 0.659 bits per heavy atom. The third-order valence-electron chi connectivity index (χ3n) is 5.24. The number of carbonyl (C=O) groups is 2. The van der Waals surface area contributed by atoms with E-state index in [4.69, 9.17) is 36.3 Å². The molecule has 0 aliphatic rings. The average Bonchev–Trinajstić information content (AvgIpc) is 2.98. The number of carbonyl (C=O) groups excluding carboxylic acids is 1. The normalized spacial score (nSPS) is 9.76. The van der Waals surface area contributed by atoms with Gasteiger partial charge in [0.25, 0.3) is 0 Å². The van der Waals surface area contributed by atoms with Gasteiger partial charge in [0.1, 0.15) is 0 Å². The summed E-state index contributed by atoms with van der Waals surface area (Å²) < 4.78 is 10.6. The molecule has 0 spiro atoms. The number of hydroxylamine groups is 1. The third-order valence-corrected chi connectivity index (χ3v) is 6.05. The Hall–Kier alpha value is -5.03. The zero-order valence-electron chi connectivity index (χ0n) is 21.8. The quantitative estimate of drug-likeness (QED) is 0.0895. The van der Waals surface area contributed by atoms with Gasteiger partial charge in [-0.05, 0) is 36.0 Å². The highest BCUT2D eigenvalue weighted by atomic mass is 31.2. The summed E-state index contributed by atoms with van der Waals surface area (Å²) in [6.07, 6.45) is 1.54. The van der Waals surface area contributed by atoms with E-state index in [1.807, 2.05) is 0 Å². The average molecular weight is 583 g/mol. The smallest absolute Gasteiger partial charge is 0.385 e. The van der Waals surface area contributed by atoms with Crippen LogP contribution in [0.3, 0.4) is 0 Å². The minimum absolute atomic E-state index is 0.121. The number of hydrogen-bond donors (Lipinski definition) is 5. The number of diazo groups is 3. The van der Waals surface area contributed by atoms with E-state index < -0.39 is 19.5 Å². The van der Waals surface area contributed by atoms with Crippen LogP contribution in [-0.4, -0.2) is 38.1 Å². The highest BCUT2D eigenvalue weighted by Crippen LogP contribution is 2.34. The van der Waals surface area contributed by atoms with E-state index in [1.54, 1.807) is 78.3 Å². The molecule has 0 fully saturated rings. The van der Waals surface area contributed by atoms with Crippen molar-refractivity contribution in [1.82, 2.24) is 5.48 Å². The summed E-state index contributed by atoms with van der Waals surface area (Å²) in [5, 5.41) is 41.8. The van der Waals surface area contributed by atoms with Gasteiger partial charge in [-0.1, -0.05) is 36.4 Å². The van der Waals surface area contributed by atoms with Crippen LogP contribution in [0.15, 0.2) is 72.8 Å². The van der Waals surface area contributed by atoms with E-state index in [1.165, 1.54) is 0 Å². The van der Waals surface area contributed by atoms with Gasteiger partial charge >= 0.3 is 30.6 Å². The molecule has 5 N–H and O–H groups in total. The Kier molecular flexibility index (Phi) is 15.2. The summed E-state index contributed by atoms with van der Waals surface area (Å²) in [6.45, 7) is 0. The van der Waals surface area contributed by atoms with Crippen molar-refractivity contribution in [3.05, 3.63) is 104 Å². The van der Waals surface area contributed by atoms with Gasteiger partial charge in [0.05, 0.1) is 6.16 Å². The van der Waals surface area contributed by atoms with E-state index in [2.05, 4.69) is 14.9 Å². The predicted molar refractivity (Wildman–Crippen MR) is 148 cm³/mol. The molecule has 3 aromatic carbocycles. The maximum Gasteiger partial charge on any atom is 0.385 e. The van der Waals surface area contributed by atoms with Gasteiger partial charge in [-0.2, -0.15) is 0 Å². The highest BCUT2D eigenvalue weighted by molar-refractivity contribution is 7.51. The fraction of sp³-hybridized carbons (Fsp3) is 0.231. The van der Waals surface area contributed by atoms with E-state index in [-0.39, 0.29) is 19.0 Å². The van der Waals surface area contributed by atoms with Crippen molar-refractivity contribution >= 4 is 36.5 Å². The van der Waals surface area contributed by atoms with E-state index in [9.17, 15) is 14.2 Å². The summed E-state index contributed by atoms with van der Waals surface area (Å²) in [5.74, 6) is -1.23. The highest BCUT2D eigenvalue weighted by Gasteiger charge is 2.13. The lowest BCUT2D eigenvalue weighted by Crippen LogP contribution is -2.18. The maximum absolute atomic E-state index is 10.7. The number of carboxylic acids is 1. The minimum atomic E-state index is -3.92. The molecule has 212 valence electrons. The molecule has 0 radical (unpaired) electrons. The summed E-state index contributed by atoms with van der Waals surface area (Å²) in [6, 6.07) is 20.1. The molecular formula is C26H29N7O7P+3. The van der Waals surface area contributed by atoms with Crippen molar-refractivity contribution in [3.63, 3.8) is 0 Å². The van der Waals surface area contributed by atoms with Crippen molar-refractivity contribution in [3.8, 4) is 0 Å². The van der Waals surface area contributed by atoms with Crippen LogP contribution in [0.4, 0.5) is 17.1 Å². The number of nitrogens with zero attached hydrogens (tertiary/aromatic N) is 6. The molecule has 41 heavy (non-hydrogen) atoms. The molecule has 3 aromatic rings. The van der Waals surface area contributed by atoms with Crippen molar-refractivity contribution in [2.24, 2.45) is 0 Å². The van der Waals surface area contributed by atoms with Crippen LogP contribution in [0, 0.1) is 16.2 Å². The fourth-order valence-corrected chi connectivity index (χ4v) is 3.58. The molecule has 14 nitrogen and oxygen atoms in total. The van der Waals surface area contributed by atoms with Crippen LogP contribution in [-0.2, 0) is 33.4 Å². The molecule has 0 saturated heterocycles. The standard InChI is InChI=1S/C9H9N3O2.C9H8N2O2.C8H9N2O3P/c10-11-8-4-1-7(2-5-8)3-6-9(13)12-14;10-11-8-4-1-7(2-5-8)3-6-9(12)13;9-10-8-3-1-7(2-4-8)5-6-14(11,12)13/h1-2,4-5H,3,6H2,(H-,12,13,14);1-2,4-5H,3,6H2;1-4H,5-6H2,(H-,11,12,13)/p+3. The van der Waals surface area contributed by atoms with Gasteiger partial charge in [-0.3, -0.25) is 19.4 Å². The van der Waals surface area contributed by atoms with Gasteiger partial charge in [0, 0.05) is 49.2 Å². The molecule has 0 aliphatic heterocycles. The topological polar surface area (TPSA) is 229 Å². The first kappa shape index (κ1) is 34.0. The van der Waals surface area contributed by atoms with Crippen molar-refractivity contribution in [2.75, 3.05) is 6.16 Å². The molecule has 1 amide bonds. The van der Waals surface area contributed by atoms with Crippen LogP contribution in [0.25, 0.3) is 14.9 Å². The third kappa shape index (κ3) is 15.9. The Morgan fingerprint density at radius 3 is 1.29 bits per heavy atom. The Morgan fingerprint density at radius 2 is 1.00 bits per heavy atom. The first-order chi connectivity index (χ1) is 19.5.